The molecular formula is C19H19N4O4+. The van der Waals surface area contributed by atoms with Gasteiger partial charge in [-0.05, 0) is 22.4 Å². The summed E-state index contributed by atoms with van der Waals surface area (Å²) in [5.74, 6) is -0.974. The lowest BCUT2D eigenvalue weighted by Crippen LogP contribution is -2.40. The molecule has 1 unspecified atom stereocenters. The number of carboxylic acid groups (broad SMARTS) is 1. The van der Waals surface area contributed by atoms with Crippen LogP contribution in [0.25, 0.3) is 0 Å². The number of amides is 2. The normalized spacial score (nSPS) is 11.6. The smallest absolute Gasteiger partial charge is 0.337 e. The van der Waals surface area contributed by atoms with Crippen molar-refractivity contribution in [2.24, 2.45) is 0 Å². The molecule has 27 heavy (non-hydrogen) atoms. The van der Waals surface area contributed by atoms with Crippen LogP contribution in [0.1, 0.15) is 28.9 Å². The molecule has 138 valence electrons. The van der Waals surface area contributed by atoms with Gasteiger partial charge in [-0.15, -0.1) is 0 Å². The maximum atomic E-state index is 12.1. The van der Waals surface area contributed by atoms with E-state index in [0.29, 0.717) is 0 Å². The van der Waals surface area contributed by atoms with E-state index in [2.05, 4.69) is 15.9 Å². The van der Waals surface area contributed by atoms with Crippen molar-refractivity contribution in [2.75, 3.05) is 10.6 Å². The maximum Gasteiger partial charge on any atom is 0.337 e. The van der Waals surface area contributed by atoms with E-state index >= 15 is 0 Å². The number of aromatic nitrogens is 2. The molecule has 1 heterocycles. The molecule has 0 aliphatic heterocycles. The monoisotopic (exact) mass is 367 g/mol. The van der Waals surface area contributed by atoms with Crippen LogP contribution in [0.4, 0.5) is 16.4 Å². The van der Waals surface area contributed by atoms with Crippen molar-refractivity contribution in [1.29, 1.82) is 0 Å². The third kappa shape index (κ3) is 4.69. The zero-order chi connectivity index (χ0) is 19.2. The first-order valence-electron chi connectivity index (χ1n) is 8.35. The van der Waals surface area contributed by atoms with Gasteiger partial charge < -0.3 is 10.4 Å². The number of carbonyl (C=O) groups excluding carboxylic acids is 1. The van der Waals surface area contributed by atoms with Gasteiger partial charge in [-0.25, -0.2) is 9.59 Å². The summed E-state index contributed by atoms with van der Waals surface area (Å²) < 4.78 is 6.75. The Morgan fingerprint density at radius 3 is 2.56 bits per heavy atom. The number of carboxylic acids is 1. The van der Waals surface area contributed by atoms with Gasteiger partial charge in [0.05, 0.1) is 11.3 Å². The number of aromatic carboxylic acids is 1. The van der Waals surface area contributed by atoms with Crippen molar-refractivity contribution in [3.63, 3.8) is 0 Å². The van der Waals surface area contributed by atoms with Crippen molar-refractivity contribution in [3.8, 4) is 0 Å². The molecule has 3 aromatic rings. The molecule has 0 saturated carbocycles. The molecule has 8 heteroatoms. The average molecular weight is 367 g/mol. The molecule has 1 atom stereocenters. The van der Waals surface area contributed by atoms with Gasteiger partial charge in [0.2, 0.25) is 5.27 Å². The van der Waals surface area contributed by atoms with Crippen molar-refractivity contribution in [2.45, 2.75) is 19.4 Å². The van der Waals surface area contributed by atoms with E-state index in [4.69, 9.17) is 9.63 Å². The van der Waals surface area contributed by atoms with E-state index in [9.17, 15) is 9.59 Å². The van der Waals surface area contributed by atoms with Gasteiger partial charge in [-0.3, -0.25) is 9.84 Å². The van der Waals surface area contributed by atoms with Crippen LogP contribution in [-0.4, -0.2) is 22.4 Å². The summed E-state index contributed by atoms with van der Waals surface area (Å²) in [6.07, 6.45) is 2.34. The molecular weight excluding hydrogens is 348 g/mol. The Morgan fingerprint density at radius 1 is 1.11 bits per heavy atom. The maximum absolute atomic E-state index is 12.1. The minimum atomic E-state index is -1.13. The number of para-hydroxylation sites is 1. The third-order valence-electron chi connectivity index (χ3n) is 3.95. The van der Waals surface area contributed by atoms with Crippen LogP contribution in [0, 0.1) is 0 Å². The summed E-state index contributed by atoms with van der Waals surface area (Å²) in [5, 5.41) is 18.1. The Kier molecular flexibility index (Phi) is 5.46. The Balaban J connectivity index is 1.62. The second-order valence-corrected chi connectivity index (χ2v) is 6.01. The lowest BCUT2D eigenvalue weighted by molar-refractivity contribution is -0.782. The number of nitrogens with one attached hydrogen (secondary N) is 2. The van der Waals surface area contributed by atoms with Crippen molar-refractivity contribution < 1.29 is 23.9 Å². The van der Waals surface area contributed by atoms with Crippen LogP contribution in [0.15, 0.2) is 65.3 Å². The Hall–Kier alpha value is -3.68. The topological polar surface area (TPSA) is 108 Å². The number of nitrogens with zero attached hydrogens (tertiary/aromatic N) is 2. The molecule has 3 N–H and O–H groups in total. The molecule has 8 nitrogen and oxygen atoms in total. The summed E-state index contributed by atoms with van der Waals surface area (Å²) >= 11 is 0. The van der Waals surface area contributed by atoms with Crippen molar-refractivity contribution >= 4 is 23.6 Å². The van der Waals surface area contributed by atoms with Crippen LogP contribution in [0.5, 0.6) is 0 Å². The highest BCUT2D eigenvalue weighted by Gasteiger charge is 2.21. The molecule has 0 spiro atoms. The van der Waals surface area contributed by atoms with Gasteiger partial charge in [0.15, 0.2) is 6.04 Å². The molecule has 0 radical (unpaired) electrons. The van der Waals surface area contributed by atoms with Crippen molar-refractivity contribution in [3.05, 3.63) is 71.9 Å². The SMILES string of the molecule is CC(Cc1ccccc1)[n+]1cc(NC(=O)Nc2ccccc2C(=O)O)on1. The number of hydrogen-bond acceptors (Lipinski definition) is 4. The minimum Gasteiger partial charge on any atom is -0.478 e. The zero-order valence-corrected chi connectivity index (χ0v) is 14.6. The van der Waals surface area contributed by atoms with E-state index in [1.165, 1.54) is 12.1 Å². The molecule has 0 aliphatic carbocycles. The predicted octanol–water partition coefficient (Wildman–Crippen LogP) is 3.11. The fraction of sp³-hybridized carbons (Fsp3) is 0.158. The second kappa shape index (κ2) is 8.13. The van der Waals surface area contributed by atoms with Gasteiger partial charge >= 0.3 is 17.9 Å². The van der Waals surface area contributed by atoms with E-state index in [-0.39, 0.29) is 23.2 Å². The number of carbonyl (C=O) groups is 2. The van der Waals surface area contributed by atoms with E-state index in [1.54, 1.807) is 23.0 Å². The first-order chi connectivity index (χ1) is 13.0. The van der Waals surface area contributed by atoms with E-state index in [0.717, 1.165) is 12.0 Å². The van der Waals surface area contributed by atoms with Gasteiger partial charge in [0.1, 0.15) is 0 Å². The largest absolute Gasteiger partial charge is 0.478 e. The highest BCUT2D eigenvalue weighted by atomic mass is 16.5. The third-order valence-corrected chi connectivity index (χ3v) is 3.95. The lowest BCUT2D eigenvalue weighted by atomic mass is 10.1. The molecule has 1 aromatic heterocycles. The van der Waals surface area contributed by atoms with Crippen molar-refractivity contribution in [1.82, 2.24) is 5.27 Å². The number of benzene rings is 2. The summed E-state index contributed by atoms with van der Waals surface area (Å²) in [5.41, 5.74) is 1.35. The van der Waals surface area contributed by atoms with Crippen LogP contribution >= 0.6 is 0 Å². The van der Waals surface area contributed by atoms with Gasteiger partial charge in [-0.2, -0.15) is 0 Å². The summed E-state index contributed by atoms with van der Waals surface area (Å²) in [4.78, 5) is 23.3. The minimum absolute atomic E-state index is 0.00299. The first-order valence-corrected chi connectivity index (χ1v) is 8.35. The first kappa shape index (κ1) is 18.1. The quantitative estimate of drug-likeness (QED) is 0.580. The second-order valence-electron chi connectivity index (χ2n) is 6.01. The fourth-order valence-corrected chi connectivity index (χ4v) is 2.61. The van der Waals surface area contributed by atoms with Crippen LogP contribution < -0.4 is 15.3 Å². The molecule has 0 saturated heterocycles. The zero-order valence-electron chi connectivity index (χ0n) is 14.6. The summed E-state index contributed by atoms with van der Waals surface area (Å²) in [6, 6.07) is 15.5. The van der Waals surface area contributed by atoms with Crippen LogP contribution in [0.3, 0.4) is 0 Å². The Labute approximate surface area is 155 Å². The highest BCUT2D eigenvalue weighted by molar-refractivity contribution is 6.04. The van der Waals surface area contributed by atoms with E-state index in [1.807, 2.05) is 37.3 Å². The molecule has 2 aromatic carbocycles. The Bertz CT molecular complexity index is 940. The molecule has 0 fully saturated rings. The number of hydrogen-bond donors (Lipinski definition) is 3. The number of rotatable bonds is 6. The lowest BCUT2D eigenvalue weighted by Gasteiger charge is -2.07. The molecule has 0 bridgehead atoms. The summed E-state index contributed by atoms with van der Waals surface area (Å²) in [6.45, 7) is 1.99. The average Bonchev–Trinajstić information content (AvgIpc) is 3.11. The van der Waals surface area contributed by atoms with Gasteiger partial charge in [0.25, 0.3) is 6.20 Å². The highest BCUT2D eigenvalue weighted by Crippen LogP contribution is 2.15. The number of anilines is 2. The molecule has 3 rings (SSSR count). The molecule has 0 aliphatic rings. The summed E-state index contributed by atoms with van der Waals surface area (Å²) in [7, 11) is 0. The van der Waals surface area contributed by atoms with Crippen LogP contribution in [0.2, 0.25) is 0 Å². The number of urea groups is 1. The van der Waals surface area contributed by atoms with Gasteiger partial charge in [0, 0.05) is 13.3 Å². The molecule has 2 amide bonds. The van der Waals surface area contributed by atoms with Gasteiger partial charge in [-0.1, -0.05) is 42.5 Å². The standard InChI is InChI=1S/C19H18N4O4/c1-13(11-14-7-3-2-4-8-14)23-12-17(27-22-23)21-19(26)20-16-10-6-5-9-15(16)18(24)25/h2-10,12-13H,11H2,1H3,(H2-,20,21,22,24,25,26)/p+1. The van der Waals surface area contributed by atoms with Crippen LogP contribution in [-0.2, 0) is 6.42 Å². The Morgan fingerprint density at radius 2 is 1.81 bits per heavy atom. The van der Waals surface area contributed by atoms with E-state index < -0.39 is 12.0 Å². The predicted molar refractivity (Wildman–Crippen MR) is 97.6 cm³/mol. The fourth-order valence-electron chi connectivity index (χ4n) is 2.61.